The molecule has 1 saturated carbocycles. The van der Waals surface area contributed by atoms with Gasteiger partial charge < -0.3 is 10.4 Å². The first kappa shape index (κ1) is 26.7. The van der Waals surface area contributed by atoms with Crippen LogP contribution in [0.5, 0.6) is 0 Å². The molecule has 8 heteroatoms. The van der Waals surface area contributed by atoms with Crippen LogP contribution in [0.2, 0.25) is 0 Å². The van der Waals surface area contributed by atoms with Crippen LogP contribution in [0.4, 0.5) is 0 Å². The Balaban J connectivity index is 1.35. The summed E-state index contributed by atoms with van der Waals surface area (Å²) >= 11 is 1.76. The molecule has 0 bridgehead atoms. The summed E-state index contributed by atoms with van der Waals surface area (Å²) in [5.74, 6) is 0.901. The average molecular weight is 526 g/mol. The van der Waals surface area contributed by atoms with Crippen molar-refractivity contribution in [2.45, 2.75) is 88.9 Å². The molecule has 37 heavy (non-hydrogen) atoms. The maximum atomic E-state index is 12.6. The summed E-state index contributed by atoms with van der Waals surface area (Å²) in [4.78, 5) is 26.5. The summed E-state index contributed by atoms with van der Waals surface area (Å²) in [6.45, 7) is 5.98. The molecule has 2 aromatic heterocycles. The Morgan fingerprint density at radius 1 is 1.19 bits per heavy atom. The zero-order valence-corrected chi connectivity index (χ0v) is 23.0. The Kier molecular flexibility index (Phi) is 8.90. The van der Waals surface area contributed by atoms with Gasteiger partial charge in [-0.3, -0.25) is 14.6 Å². The summed E-state index contributed by atoms with van der Waals surface area (Å²) in [6.07, 6.45) is 15.0. The Labute approximate surface area is 225 Å². The number of carboxylic acid groups (broad SMARTS) is 1. The molecular weight excluding hydrogens is 482 g/mol. The van der Waals surface area contributed by atoms with E-state index in [1.165, 1.54) is 37.7 Å². The van der Waals surface area contributed by atoms with Crippen LogP contribution in [0.15, 0.2) is 35.3 Å². The molecule has 0 spiro atoms. The number of likely N-dealkylation sites (tertiary alicyclic amines) is 2. The first-order valence-corrected chi connectivity index (χ1v) is 15.3. The van der Waals surface area contributed by atoms with E-state index >= 15 is 0 Å². The van der Waals surface area contributed by atoms with E-state index in [2.05, 4.69) is 48.8 Å². The second kappa shape index (κ2) is 12.3. The second-order valence-corrected chi connectivity index (χ2v) is 12.2. The van der Waals surface area contributed by atoms with E-state index in [0.717, 1.165) is 64.1 Å². The van der Waals surface area contributed by atoms with E-state index in [0.29, 0.717) is 12.1 Å². The Bertz CT molecular complexity index is 983. The lowest BCUT2D eigenvalue weighted by Gasteiger charge is -2.50. The summed E-state index contributed by atoms with van der Waals surface area (Å²) in [5, 5.41) is 18.8. The fourth-order valence-electron chi connectivity index (χ4n) is 7.37. The monoisotopic (exact) mass is 525 g/mol. The highest BCUT2D eigenvalue weighted by Crippen LogP contribution is 2.47. The van der Waals surface area contributed by atoms with Crippen LogP contribution in [-0.2, 0) is 16.8 Å². The molecule has 4 atom stereocenters. The topological polar surface area (TPSA) is 81.6 Å². The van der Waals surface area contributed by atoms with Gasteiger partial charge >= 0.3 is 5.97 Å². The number of nitrogens with zero attached hydrogens (tertiary/aromatic N) is 4. The highest BCUT2D eigenvalue weighted by Gasteiger charge is 2.54. The van der Waals surface area contributed by atoms with Gasteiger partial charge in [-0.1, -0.05) is 26.2 Å². The van der Waals surface area contributed by atoms with Gasteiger partial charge in [-0.05, 0) is 85.4 Å². The van der Waals surface area contributed by atoms with Gasteiger partial charge in [0.1, 0.15) is 11.9 Å². The quantitative estimate of drug-likeness (QED) is 0.433. The van der Waals surface area contributed by atoms with Crippen molar-refractivity contribution in [2.24, 2.45) is 11.8 Å². The van der Waals surface area contributed by atoms with Crippen molar-refractivity contribution in [2.75, 3.05) is 26.2 Å². The van der Waals surface area contributed by atoms with Crippen molar-refractivity contribution < 1.29 is 9.90 Å². The van der Waals surface area contributed by atoms with Crippen molar-refractivity contribution in [1.29, 1.82) is 0 Å². The first-order chi connectivity index (χ1) is 18.1. The van der Waals surface area contributed by atoms with Crippen LogP contribution < -0.4 is 5.32 Å². The molecule has 2 saturated heterocycles. The maximum Gasteiger partial charge on any atom is 0.321 e. The molecule has 1 unspecified atom stereocenters. The van der Waals surface area contributed by atoms with Crippen molar-refractivity contribution in [3.05, 3.63) is 46.7 Å². The number of hydrogen-bond acceptors (Lipinski definition) is 7. The first-order valence-electron chi connectivity index (χ1n) is 14.3. The molecule has 3 fully saturated rings. The largest absolute Gasteiger partial charge is 0.480 e. The van der Waals surface area contributed by atoms with Gasteiger partial charge in [0.05, 0.1) is 11.7 Å². The number of piperidine rings is 1. The number of carboxylic acids is 1. The van der Waals surface area contributed by atoms with Gasteiger partial charge in [0, 0.05) is 38.4 Å². The molecule has 1 aliphatic carbocycles. The van der Waals surface area contributed by atoms with Gasteiger partial charge in [0.25, 0.3) is 0 Å². The van der Waals surface area contributed by atoms with Crippen molar-refractivity contribution in [3.63, 3.8) is 0 Å². The predicted octanol–water partition coefficient (Wildman–Crippen LogP) is 4.75. The van der Waals surface area contributed by atoms with E-state index in [9.17, 15) is 9.90 Å². The molecule has 2 N–H and O–H groups in total. The van der Waals surface area contributed by atoms with Gasteiger partial charge in [0.2, 0.25) is 0 Å². The van der Waals surface area contributed by atoms with Crippen molar-refractivity contribution in [3.8, 4) is 0 Å². The Hall–Kier alpha value is -1.87. The highest BCUT2D eigenvalue weighted by atomic mass is 32.1. The number of carbonyl (C=O) groups is 1. The van der Waals surface area contributed by atoms with Crippen molar-refractivity contribution >= 4 is 17.3 Å². The molecule has 0 aromatic carbocycles. The lowest BCUT2D eigenvalue weighted by atomic mass is 9.79. The smallest absolute Gasteiger partial charge is 0.321 e. The number of rotatable bonds is 10. The zero-order chi connectivity index (χ0) is 25.7. The third-order valence-electron chi connectivity index (χ3n) is 9.12. The average Bonchev–Trinajstić information content (AvgIpc) is 3.57. The third-order valence-corrected chi connectivity index (χ3v) is 9.81. The van der Waals surface area contributed by atoms with Gasteiger partial charge in [-0.25, -0.2) is 9.97 Å². The minimum absolute atomic E-state index is 0.164. The summed E-state index contributed by atoms with van der Waals surface area (Å²) in [7, 11) is 0. The molecule has 0 radical (unpaired) electrons. The van der Waals surface area contributed by atoms with E-state index in [-0.39, 0.29) is 17.5 Å². The van der Waals surface area contributed by atoms with Crippen LogP contribution in [-0.4, -0.2) is 69.2 Å². The molecule has 5 rings (SSSR count). The van der Waals surface area contributed by atoms with Crippen LogP contribution in [0.25, 0.3) is 0 Å². The van der Waals surface area contributed by atoms with Crippen molar-refractivity contribution in [1.82, 2.24) is 25.1 Å². The lowest BCUT2D eigenvalue weighted by Crippen LogP contribution is -2.61. The SMILES string of the molecule is C[C@H]1CN([C@@H](C(=O)O)C2CCCCC2)C[C@]1(c1ccsc1)N1CCCCC1NCCCc1ncccn1. The zero-order valence-electron chi connectivity index (χ0n) is 22.2. The Morgan fingerprint density at radius 3 is 2.70 bits per heavy atom. The van der Waals surface area contributed by atoms with Crippen LogP contribution >= 0.6 is 11.3 Å². The highest BCUT2D eigenvalue weighted by molar-refractivity contribution is 7.08. The summed E-state index contributed by atoms with van der Waals surface area (Å²) in [5.41, 5.74) is 1.20. The van der Waals surface area contributed by atoms with E-state index < -0.39 is 5.97 Å². The van der Waals surface area contributed by atoms with Crippen LogP contribution in [0.1, 0.15) is 76.1 Å². The standard InChI is InChI=1S/C29H43N5O2S/c1-22-19-33(27(28(35)36)23-9-3-2-4-10-23)21-29(22,24-13-18-37-20-24)34-17-6-5-12-26(34)32-14-7-11-25-30-15-8-16-31-25/h8,13,15-16,18,20,22-23,26-27,32H,2-7,9-12,14,17,19,21H2,1H3,(H,35,36)/t22-,26?,27+,29-/m0/s1. The molecule has 3 aliphatic rings. The molecule has 7 nitrogen and oxygen atoms in total. The maximum absolute atomic E-state index is 12.6. The second-order valence-electron chi connectivity index (χ2n) is 11.4. The Morgan fingerprint density at radius 2 is 1.97 bits per heavy atom. The molecule has 2 aromatic rings. The number of nitrogens with one attached hydrogen (secondary N) is 1. The number of hydrogen-bond donors (Lipinski definition) is 2. The summed E-state index contributed by atoms with van der Waals surface area (Å²) < 4.78 is 0. The molecule has 202 valence electrons. The van der Waals surface area contributed by atoms with E-state index in [4.69, 9.17) is 0 Å². The minimum atomic E-state index is -0.628. The van der Waals surface area contributed by atoms with E-state index in [1.807, 2.05) is 18.5 Å². The van der Waals surface area contributed by atoms with E-state index in [1.54, 1.807) is 11.3 Å². The minimum Gasteiger partial charge on any atom is -0.480 e. The van der Waals surface area contributed by atoms with Crippen LogP contribution in [0, 0.1) is 11.8 Å². The molecular formula is C29H43N5O2S. The normalized spacial score (nSPS) is 28.9. The summed E-state index contributed by atoms with van der Waals surface area (Å²) in [6, 6.07) is 3.78. The van der Waals surface area contributed by atoms with Gasteiger partial charge in [0.15, 0.2) is 0 Å². The fourth-order valence-corrected chi connectivity index (χ4v) is 8.11. The number of aliphatic carboxylic acids is 1. The third kappa shape index (κ3) is 5.77. The van der Waals surface area contributed by atoms with Crippen LogP contribution in [0.3, 0.4) is 0 Å². The number of aromatic nitrogens is 2. The molecule has 2 aliphatic heterocycles. The number of aryl methyl sites for hydroxylation is 1. The molecule has 4 heterocycles. The number of thiophene rings is 1. The predicted molar refractivity (Wildman–Crippen MR) is 147 cm³/mol. The molecule has 0 amide bonds. The lowest BCUT2D eigenvalue weighted by molar-refractivity contribution is -0.146. The van der Waals surface area contributed by atoms with Gasteiger partial charge in [-0.2, -0.15) is 11.3 Å². The van der Waals surface area contributed by atoms with Gasteiger partial charge in [-0.15, -0.1) is 0 Å². The fraction of sp³-hybridized carbons (Fsp3) is 0.690.